The normalized spacial score (nSPS) is 10.1. The molecule has 4 rings (SSSR count). The van der Waals surface area contributed by atoms with Crippen molar-refractivity contribution in [2.45, 2.75) is 13.8 Å². The van der Waals surface area contributed by atoms with Crippen molar-refractivity contribution in [2.75, 3.05) is 51.2 Å². The quantitative estimate of drug-likeness (QED) is 0.0860. The van der Waals surface area contributed by atoms with E-state index in [0.29, 0.717) is 69.1 Å². The van der Waals surface area contributed by atoms with Gasteiger partial charge >= 0.3 is 11.4 Å². The van der Waals surface area contributed by atoms with Crippen molar-refractivity contribution in [1.82, 2.24) is 0 Å². The summed E-state index contributed by atoms with van der Waals surface area (Å²) >= 11 is 11.7. The van der Waals surface area contributed by atoms with Crippen LogP contribution in [0.2, 0.25) is 10.0 Å². The van der Waals surface area contributed by atoms with Gasteiger partial charge in [0.25, 0.3) is 0 Å². The lowest BCUT2D eigenvalue weighted by Gasteiger charge is -2.18. The zero-order valence-electron chi connectivity index (χ0n) is 27.5. The van der Waals surface area contributed by atoms with Crippen LogP contribution in [-0.4, -0.2) is 58.9 Å². The Kier molecular flexibility index (Phi) is 15.6. The van der Waals surface area contributed by atoms with Gasteiger partial charge in [0.15, 0.2) is 21.5 Å². The number of ether oxygens (including phenoxy) is 4. The molecule has 0 aliphatic heterocycles. The zero-order chi connectivity index (χ0) is 36.7. The number of rotatable bonds is 10. The molecule has 49 heavy (non-hydrogen) atoms. The Labute approximate surface area is 295 Å². The summed E-state index contributed by atoms with van der Waals surface area (Å²) in [7, 11) is 2.43. The fourth-order valence-corrected chi connectivity index (χ4v) is 4.15. The zero-order valence-corrected chi connectivity index (χ0v) is 29.8. The minimum Gasteiger partial charge on any atom is -0.759 e. The molecule has 0 N–H and O–H groups in total. The molecule has 0 spiro atoms. The predicted molar refractivity (Wildman–Crippen MR) is 187 cm³/mol. The summed E-state index contributed by atoms with van der Waals surface area (Å²) in [6.07, 6.45) is 0. The number of nitrogens with zero attached hydrogens (tertiary/aromatic N) is 6. The first-order chi connectivity index (χ1) is 23.1. The molecule has 0 fully saturated rings. The van der Waals surface area contributed by atoms with E-state index in [1.165, 1.54) is 0 Å². The molecule has 0 aliphatic rings. The van der Waals surface area contributed by atoms with E-state index in [-0.39, 0.29) is 0 Å². The molecule has 4 aromatic rings. The van der Waals surface area contributed by atoms with Gasteiger partial charge in [0.05, 0.1) is 36.7 Å². The first-order valence-electron chi connectivity index (χ1n) is 14.3. The molecule has 4 aromatic carbocycles. The summed E-state index contributed by atoms with van der Waals surface area (Å²) in [6, 6.07) is 20.9. The van der Waals surface area contributed by atoms with E-state index in [9.17, 15) is 0 Å². The lowest BCUT2D eigenvalue weighted by Crippen LogP contribution is -2.10. The van der Waals surface area contributed by atoms with Gasteiger partial charge in [-0.05, 0) is 62.4 Å². The maximum absolute atomic E-state index is 9.16. The van der Waals surface area contributed by atoms with Crippen molar-refractivity contribution in [1.29, 1.82) is 10.8 Å². The Morgan fingerprint density at radius 2 is 0.939 bits per heavy atom. The molecule has 260 valence electrons. The highest BCUT2D eigenvalue weighted by Crippen LogP contribution is 2.43. The molecule has 0 heterocycles. The largest absolute Gasteiger partial charge is 0.759 e. The molecular weight excluding hydrogens is 699 g/mol. The summed E-state index contributed by atoms with van der Waals surface area (Å²) in [5, 5.41) is 19.6. The summed E-state index contributed by atoms with van der Waals surface area (Å²) in [4.78, 5) is 10.3. The molecule has 0 saturated carbocycles. The molecule has 0 radical (unpaired) electrons. The Hall–Kier alpha value is -5.03. The van der Waals surface area contributed by atoms with E-state index in [4.69, 9.17) is 70.5 Å². The maximum Gasteiger partial charge on any atom is 0.430 e. The molecule has 0 atom stereocenters. The van der Waals surface area contributed by atoms with Gasteiger partial charge in [0.1, 0.15) is 11.5 Å². The fraction of sp³-hybridized carbons (Fsp3) is 0.250. The third kappa shape index (κ3) is 13.5. The van der Waals surface area contributed by atoms with Gasteiger partial charge in [0, 0.05) is 60.8 Å². The van der Waals surface area contributed by atoms with Crippen LogP contribution in [0, 0.1) is 10.8 Å². The minimum atomic E-state index is -5.17. The number of diazo groups is 2. The number of hydrogen-bond donors (Lipinski definition) is 0. The highest BCUT2D eigenvalue weighted by Gasteiger charge is 2.23. The van der Waals surface area contributed by atoms with E-state index < -0.39 is 10.4 Å². The highest BCUT2D eigenvalue weighted by molar-refractivity contribution is 7.79. The molecule has 0 amide bonds. The highest BCUT2D eigenvalue weighted by atomic mass is 35.5. The lowest BCUT2D eigenvalue weighted by atomic mass is 10.2. The second-order valence-corrected chi connectivity index (χ2v) is 11.6. The van der Waals surface area contributed by atoms with E-state index in [0.717, 1.165) is 11.4 Å². The standard InChI is InChI=1S/2C16H17ClN3O2.H2O4S/c2*1-4-21-15-10-14(20(2)3)16(9-13(15)19-18)22-12-7-5-11(17)6-8-12;1-5(2,3)4/h2*5-10H,4H2,1-3H3;(H2,1,2,3,4)/q2*+1;/p-2. The Morgan fingerprint density at radius 3 is 1.18 bits per heavy atom. The summed E-state index contributed by atoms with van der Waals surface area (Å²) in [6.45, 7) is 4.70. The van der Waals surface area contributed by atoms with Crippen molar-refractivity contribution in [3.05, 3.63) is 92.8 Å². The molecule has 17 heteroatoms. The van der Waals surface area contributed by atoms with Crippen LogP contribution in [0.15, 0.2) is 72.8 Å². The van der Waals surface area contributed by atoms with E-state index in [1.807, 2.05) is 51.8 Å². The predicted octanol–water partition coefficient (Wildman–Crippen LogP) is 8.83. The van der Waals surface area contributed by atoms with Crippen LogP contribution >= 0.6 is 23.2 Å². The van der Waals surface area contributed by atoms with Crippen molar-refractivity contribution < 1.29 is 36.5 Å². The molecule has 0 aliphatic carbocycles. The summed E-state index contributed by atoms with van der Waals surface area (Å²) in [5.41, 5.74) is 2.25. The molecule has 0 bridgehead atoms. The van der Waals surface area contributed by atoms with E-state index >= 15 is 0 Å². The van der Waals surface area contributed by atoms with Gasteiger partial charge in [0.2, 0.25) is 22.3 Å². The summed E-state index contributed by atoms with van der Waals surface area (Å²) in [5.74, 6) is 3.39. The van der Waals surface area contributed by atoms with Crippen molar-refractivity contribution in [3.8, 4) is 34.5 Å². The van der Waals surface area contributed by atoms with Crippen LogP contribution < -0.4 is 28.7 Å². The van der Waals surface area contributed by atoms with Gasteiger partial charge < -0.3 is 37.9 Å². The van der Waals surface area contributed by atoms with Crippen LogP contribution in [0.1, 0.15) is 13.8 Å². The second-order valence-electron chi connectivity index (χ2n) is 9.95. The average Bonchev–Trinajstić information content (AvgIpc) is 3.03. The van der Waals surface area contributed by atoms with E-state index in [1.54, 1.807) is 72.8 Å². The fourth-order valence-electron chi connectivity index (χ4n) is 3.90. The van der Waals surface area contributed by atoms with Crippen LogP contribution in [0.4, 0.5) is 22.7 Å². The monoisotopic (exact) mass is 732 g/mol. The SMILES string of the molecule is CCOc1cc(N(C)C)c(Oc2ccc(Cl)cc2)cc1[N+]#N.CCOc1cc(N(C)C)c(Oc2ccc(Cl)cc2)cc1[N+]#N.O=S(=O)([O-])[O-]. The molecule has 0 aromatic heterocycles. The Bertz CT molecular complexity index is 1750. The number of anilines is 2. The molecular formula is C32H34Cl2N6O8S. The van der Waals surface area contributed by atoms with Crippen LogP contribution in [0.5, 0.6) is 34.5 Å². The van der Waals surface area contributed by atoms with Crippen LogP contribution in [-0.2, 0) is 10.4 Å². The first kappa shape index (κ1) is 40.1. The minimum absolute atomic E-state index is 0.316. The average molecular weight is 734 g/mol. The van der Waals surface area contributed by atoms with Crippen LogP contribution in [0.3, 0.4) is 0 Å². The summed E-state index contributed by atoms with van der Waals surface area (Å²) < 4.78 is 56.8. The van der Waals surface area contributed by atoms with Crippen molar-refractivity contribution >= 4 is 56.4 Å². The lowest BCUT2D eigenvalue weighted by molar-refractivity contribution is 0.341. The number of halogens is 2. The van der Waals surface area contributed by atoms with Crippen molar-refractivity contribution in [2.24, 2.45) is 0 Å². The van der Waals surface area contributed by atoms with E-state index in [2.05, 4.69) is 9.95 Å². The Balaban J connectivity index is 0.000000299. The van der Waals surface area contributed by atoms with Gasteiger partial charge in [-0.25, -0.2) is 0 Å². The molecule has 14 nitrogen and oxygen atoms in total. The number of benzene rings is 4. The number of hydrogen-bond acceptors (Lipinski definition) is 12. The van der Waals surface area contributed by atoms with Crippen molar-refractivity contribution in [3.63, 3.8) is 0 Å². The third-order valence-electron chi connectivity index (χ3n) is 5.94. The first-order valence-corrected chi connectivity index (χ1v) is 16.4. The second kappa shape index (κ2) is 19.1. The topological polar surface area (TPSA) is 180 Å². The van der Waals surface area contributed by atoms with Gasteiger partial charge in [-0.1, -0.05) is 23.2 Å². The molecule has 0 unspecified atom stereocenters. The van der Waals surface area contributed by atoms with Gasteiger partial charge in [-0.3, -0.25) is 8.42 Å². The molecule has 0 saturated heterocycles. The maximum atomic E-state index is 9.16. The smallest absolute Gasteiger partial charge is 0.430 e. The Morgan fingerprint density at radius 1 is 0.633 bits per heavy atom. The van der Waals surface area contributed by atoms with Gasteiger partial charge in [-0.15, -0.1) is 0 Å². The van der Waals surface area contributed by atoms with Crippen LogP contribution in [0.25, 0.3) is 9.95 Å². The van der Waals surface area contributed by atoms with Gasteiger partial charge in [-0.2, -0.15) is 0 Å². The third-order valence-corrected chi connectivity index (χ3v) is 6.45.